The summed E-state index contributed by atoms with van der Waals surface area (Å²) >= 11 is 0. The third-order valence-electron chi connectivity index (χ3n) is 9.70. The molecule has 3 aliphatic rings. The molecule has 0 aromatic rings. The number of esters is 1. The third kappa shape index (κ3) is 6.06. The van der Waals surface area contributed by atoms with Crippen molar-refractivity contribution in [3.05, 3.63) is 23.8 Å². The van der Waals surface area contributed by atoms with Gasteiger partial charge in [-0.1, -0.05) is 52.3 Å². The Bertz CT molecular complexity index is 883. The van der Waals surface area contributed by atoms with Crippen molar-refractivity contribution in [3.8, 4) is 0 Å². The SMILES string of the molecule is C=C(C)C(=O)O[C@@H]1[C@@H](O[C@H]2O[C@@H](C)[C@H](O)[C@@H](O)[C@H]2O)C[C@@]2(C)[C@H](CC[C@H](C)CCO)C(C)=CC[C@@H]2C1(C)C. The summed E-state index contributed by atoms with van der Waals surface area (Å²) in [5, 5.41) is 40.7. The summed E-state index contributed by atoms with van der Waals surface area (Å²) in [5.74, 6) is 0.383. The monoisotopic (exact) mass is 538 g/mol. The fraction of sp³-hybridized carbons (Fsp3) is 0.833. The van der Waals surface area contributed by atoms with Crippen molar-refractivity contribution < 1.29 is 39.4 Å². The molecule has 0 bridgehead atoms. The second-order valence-corrected chi connectivity index (χ2v) is 13.0. The molecule has 2 aliphatic carbocycles. The van der Waals surface area contributed by atoms with Gasteiger partial charge in [-0.2, -0.15) is 0 Å². The highest BCUT2D eigenvalue weighted by atomic mass is 16.7. The molecule has 38 heavy (non-hydrogen) atoms. The zero-order valence-electron chi connectivity index (χ0n) is 24.2. The molecule has 3 rings (SSSR count). The van der Waals surface area contributed by atoms with Gasteiger partial charge in [-0.25, -0.2) is 4.79 Å². The lowest BCUT2D eigenvalue weighted by molar-refractivity contribution is -0.325. The van der Waals surface area contributed by atoms with Crippen molar-refractivity contribution in [1.82, 2.24) is 0 Å². The van der Waals surface area contributed by atoms with Crippen LogP contribution in [0.25, 0.3) is 0 Å². The predicted octanol–water partition coefficient (Wildman–Crippen LogP) is 3.50. The molecule has 0 aromatic heterocycles. The molecule has 8 nitrogen and oxygen atoms in total. The molecule has 8 heteroatoms. The summed E-state index contributed by atoms with van der Waals surface area (Å²) < 4.78 is 18.3. The number of carbonyl (C=O) groups excluding carboxylic acids is 1. The first-order chi connectivity index (χ1) is 17.6. The van der Waals surface area contributed by atoms with E-state index in [4.69, 9.17) is 14.2 Å². The van der Waals surface area contributed by atoms with Gasteiger partial charge in [-0.3, -0.25) is 0 Å². The highest BCUT2D eigenvalue weighted by molar-refractivity contribution is 5.87. The van der Waals surface area contributed by atoms with E-state index in [1.165, 1.54) is 5.57 Å². The second-order valence-electron chi connectivity index (χ2n) is 13.0. The molecule has 0 aromatic carbocycles. The van der Waals surface area contributed by atoms with Crippen LogP contribution in [0, 0.1) is 28.6 Å². The van der Waals surface area contributed by atoms with Gasteiger partial charge < -0.3 is 34.6 Å². The maximum atomic E-state index is 12.8. The Morgan fingerprint density at radius 3 is 2.45 bits per heavy atom. The molecular weight excluding hydrogens is 488 g/mol. The van der Waals surface area contributed by atoms with Gasteiger partial charge in [-0.05, 0) is 69.6 Å². The highest BCUT2D eigenvalue weighted by Crippen LogP contribution is 2.62. The van der Waals surface area contributed by atoms with Gasteiger partial charge in [0.2, 0.25) is 0 Å². The average Bonchev–Trinajstić information content (AvgIpc) is 2.82. The number of aliphatic hydroxyl groups is 4. The maximum Gasteiger partial charge on any atom is 0.333 e. The zero-order valence-corrected chi connectivity index (χ0v) is 24.2. The largest absolute Gasteiger partial charge is 0.456 e. The van der Waals surface area contributed by atoms with Crippen LogP contribution in [0.5, 0.6) is 0 Å². The van der Waals surface area contributed by atoms with Gasteiger partial charge in [0, 0.05) is 17.6 Å². The zero-order chi connectivity index (χ0) is 28.6. The molecule has 2 fully saturated rings. The van der Waals surface area contributed by atoms with Crippen LogP contribution in [0.1, 0.15) is 80.6 Å². The summed E-state index contributed by atoms with van der Waals surface area (Å²) in [6.07, 6.45) is -0.794. The van der Waals surface area contributed by atoms with Crippen molar-refractivity contribution in [2.24, 2.45) is 28.6 Å². The predicted molar refractivity (Wildman–Crippen MR) is 144 cm³/mol. The quantitative estimate of drug-likeness (QED) is 0.200. The first kappa shape index (κ1) is 31.2. The van der Waals surface area contributed by atoms with Gasteiger partial charge in [0.25, 0.3) is 0 Å². The Hall–Kier alpha value is -1.29. The topological polar surface area (TPSA) is 126 Å². The molecule has 0 radical (unpaired) electrons. The van der Waals surface area contributed by atoms with E-state index in [0.717, 1.165) is 25.7 Å². The van der Waals surface area contributed by atoms with E-state index in [-0.39, 0.29) is 23.9 Å². The molecular formula is C30H50O8. The second kappa shape index (κ2) is 12.1. The van der Waals surface area contributed by atoms with Crippen molar-refractivity contribution in [3.63, 3.8) is 0 Å². The lowest BCUT2D eigenvalue weighted by Gasteiger charge is -2.61. The maximum absolute atomic E-state index is 12.8. The Morgan fingerprint density at radius 1 is 1.18 bits per heavy atom. The summed E-state index contributed by atoms with van der Waals surface area (Å²) in [5.41, 5.74) is 0.955. The smallest absolute Gasteiger partial charge is 0.333 e. The van der Waals surface area contributed by atoms with E-state index >= 15 is 0 Å². The van der Waals surface area contributed by atoms with Crippen molar-refractivity contribution in [2.45, 2.75) is 123 Å². The van der Waals surface area contributed by atoms with Gasteiger partial charge in [0.05, 0.1) is 12.2 Å². The van der Waals surface area contributed by atoms with Crippen LogP contribution in [0.2, 0.25) is 0 Å². The Kier molecular flexibility index (Phi) is 9.92. The molecule has 1 heterocycles. The highest BCUT2D eigenvalue weighted by Gasteiger charge is 2.61. The fourth-order valence-corrected chi connectivity index (χ4v) is 7.37. The minimum Gasteiger partial charge on any atom is -0.456 e. The van der Waals surface area contributed by atoms with Gasteiger partial charge in [-0.15, -0.1) is 0 Å². The Balaban J connectivity index is 1.98. The summed E-state index contributed by atoms with van der Waals surface area (Å²) in [6, 6.07) is 0. The van der Waals surface area contributed by atoms with Crippen LogP contribution >= 0.6 is 0 Å². The average molecular weight is 539 g/mol. The van der Waals surface area contributed by atoms with Gasteiger partial charge >= 0.3 is 5.97 Å². The number of aliphatic hydroxyl groups excluding tert-OH is 4. The van der Waals surface area contributed by atoms with Crippen LogP contribution in [0.15, 0.2) is 23.8 Å². The van der Waals surface area contributed by atoms with Crippen molar-refractivity contribution in [1.29, 1.82) is 0 Å². The van der Waals surface area contributed by atoms with Crippen LogP contribution < -0.4 is 0 Å². The number of carbonyl (C=O) groups is 1. The van der Waals surface area contributed by atoms with Crippen LogP contribution in [0.4, 0.5) is 0 Å². The van der Waals surface area contributed by atoms with E-state index in [2.05, 4.69) is 47.3 Å². The summed E-state index contributed by atoms with van der Waals surface area (Å²) in [4.78, 5) is 12.8. The van der Waals surface area contributed by atoms with Crippen LogP contribution in [-0.2, 0) is 19.0 Å². The van der Waals surface area contributed by atoms with Crippen molar-refractivity contribution >= 4 is 5.97 Å². The van der Waals surface area contributed by atoms with E-state index in [0.29, 0.717) is 17.9 Å². The minimum absolute atomic E-state index is 0.182. The van der Waals surface area contributed by atoms with Crippen LogP contribution in [0.3, 0.4) is 0 Å². The van der Waals surface area contributed by atoms with E-state index < -0.39 is 54.3 Å². The molecule has 0 amide bonds. The molecule has 1 saturated carbocycles. The molecule has 218 valence electrons. The molecule has 0 spiro atoms. The Morgan fingerprint density at radius 2 is 1.84 bits per heavy atom. The lowest BCUT2D eigenvalue weighted by Crippen LogP contribution is -2.64. The molecule has 0 unspecified atom stereocenters. The standard InChI is InChI=1S/C30H50O8/c1-16(2)27(35)38-26-21(37-28-25(34)24(33)23(32)19(5)36-28)15-30(8)20(11-9-17(3)13-14-31)18(4)10-12-22(30)29(26,6)7/h10,17,19-26,28,31-34H,1,9,11-15H2,2-8H3/t17-,19-,20+,21-,22+,23-,24+,25+,26+,28+,30-/m0/s1. The van der Waals surface area contributed by atoms with E-state index in [1.807, 2.05) is 0 Å². The van der Waals surface area contributed by atoms with Gasteiger partial charge in [0.1, 0.15) is 24.4 Å². The molecule has 1 saturated heterocycles. The fourth-order valence-electron chi connectivity index (χ4n) is 7.37. The van der Waals surface area contributed by atoms with Crippen molar-refractivity contribution in [2.75, 3.05) is 6.61 Å². The van der Waals surface area contributed by atoms with Gasteiger partial charge in [0.15, 0.2) is 6.29 Å². The number of rotatable bonds is 9. The first-order valence-corrected chi connectivity index (χ1v) is 14.1. The van der Waals surface area contributed by atoms with E-state index in [1.54, 1.807) is 13.8 Å². The number of hydrogen-bond acceptors (Lipinski definition) is 8. The molecule has 11 atom stereocenters. The normalized spacial score (nSPS) is 41.6. The number of fused-ring (bicyclic) bond motifs is 1. The number of hydrogen-bond donors (Lipinski definition) is 4. The first-order valence-electron chi connectivity index (χ1n) is 14.1. The molecule has 4 N–H and O–H groups in total. The molecule has 1 aliphatic heterocycles. The summed E-state index contributed by atoms with van der Waals surface area (Å²) in [6.45, 7) is 18.0. The van der Waals surface area contributed by atoms with E-state index in [9.17, 15) is 25.2 Å². The van der Waals surface area contributed by atoms with Crippen LogP contribution in [-0.4, -0.2) is 75.9 Å². The Labute approximate surface area is 228 Å². The number of ether oxygens (including phenoxy) is 3. The minimum atomic E-state index is -1.45. The lowest BCUT2D eigenvalue weighted by atomic mass is 9.46. The number of allylic oxidation sites excluding steroid dienone is 2. The third-order valence-corrected chi connectivity index (χ3v) is 9.70. The summed E-state index contributed by atoms with van der Waals surface area (Å²) in [7, 11) is 0.